The molecule has 170 valence electrons. The number of nitrogens with one attached hydrogen (secondary N) is 2. The predicted octanol–water partition coefficient (Wildman–Crippen LogP) is 2.79. The van der Waals surface area contributed by atoms with Crippen LogP contribution >= 0.6 is 0 Å². The Bertz CT molecular complexity index is 1370. The van der Waals surface area contributed by atoms with Gasteiger partial charge in [-0.25, -0.2) is 0 Å². The SMILES string of the molecule is Nc1ccc(NCCCNc2cc(S(=O)(=O)O)c(N)c3c2C(=O)c2ccccc2C3=O)cc1. The largest absolute Gasteiger partial charge is 0.399 e. The number of hydrogen-bond acceptors (Lipinski definition) is 8. The number of rotatable bonds is 7. The number of hydrogen-bond donors (Lipinski definition) is 5. The van der Waals surface area contributed by atoms with Crippen LogP contribution in [0.15, 0.2) is 59.5 Å². The fraction of sp³-hybridized carbons (Fsp3) is 0.130. The maximum Gasteiger partial charge on any atom is 0.296 e. The van der Waals surface area contributed by atoms with E-state index in [-0.39, 0.29) is 27.9 Å². The Morgan fingerprint density at radius 2 is 1.39 bits per heavy atom. The average Bonchev–Trinajstić information content (AvgIpc) is 2.78. The van der Waals surface area contributed by atoms with Crippen LogP contribution in [0.1, 0.15) is 38.3 Å². The maximum atomic E-state index is 13.2. The molecular weight excluding hydrogens is 444 g/mol. The highest BCUT2D eigenvalue weighted by atomic mass is 32.2. The average molecular weight is 467 g/mol. The number of carbonyl (C=O) groups excluding carboxylic acids is 2. The van der Waals surface area contributed by atoms with Crippen molar-refractivity contribution in [3.8, 4) is 0 Å². The highest BCUT2D eigenvalue weighted by Gasteiger charge is 2.36. The van der Waals surface area contributed by atoms with Crippen LogP contribution in [0.4, 0.5) is 22.7 Å². The molecule has 0 fully saturated rings. The molecule has 10 heteroatoms. The second kappa shape index (κ2) is 8.57. The molecule has 0 atom stereocenters. The van der Waals surface area contributed by atoms with Crippen molar-refractivity contribution < 1.29 is 22.6 Å². The van der Waals surface area contributed by atoms with E-state index in [2.05, 4.69) is 10.6 Å². The molecule has 7 N–H and O–H groups in total. The molecule has 0 bridgehead atoms. The molecule has 0 aromatic heterocycles. The van der Waals surface area contributed by atoms with Crippen LogP contribution in [-0.4, -0.2) is 37.6 Å². The Kier molecular flexibility index (Phi) is 5.79. The molecule has 3 aromatic carbocycles. The van der Waals surface area contributed by atoms with Crippen LogP contribution in [0.5, 0.6) is 0 Å². The summed E-state index contributed by atoms with van der Waals surface area (Å²) < 4.78 is 33.5. The van der Waals surface area contributed by atoms with Crippen LogP contribution in [-0.2, 0) is 10.1 Å². The number of carbonyl (C=O) groups is 2. The summed E-state index contributed by atoms with van der Waals surface area (Å²) >= 11 is 0. The summed E-state index contributed by atoms with van der Waals surface area (Å²) in [6.07, 6.45) is 0.601. The van der Waals surface area contributed by atoms with Gasteiger partial charge in [-0.15, -0.1) is 0 Å². The first-order valence-corrected chi connectivity index (χ1v) is 11.6. The van der Waals surface area contributed by atoms with Gasteiger partial charge in [0.1, 0.15) is 4.90 Å². The van der Waals surface area contributed by atoms with Crippen molar-refractivity contribution >= 4 is 44.4 Å². The molecule has 9 nitrogen and oxygen atoms in total. The third-order valence-corrected chi connectivity index (χ3v) is 6.28. The zero-order valence-electron chi connectivity index (χ0n) is 17.5. The summed E-state index contributed by atoms with van der Waals surface area (Å²) in [7, 11) is -4.73. The third-order valence-electron chi connectivity index (χ3n) is 5.39. The Labute approximate surface area is 190 Å². The number of benzene rings is 3. The standard InChI is InChI=1S/C23H22N4O5S/c24-13-6-8-14(9-7-13)26-10-3-11-27-17-12-18(33(30,31)32)21(25)20-19(17)22(28)15-4-1-2-5-16(15)23(20)29/h1-2,4-9,12,26-27H,3,10-11,24-25H2,(H,30,31,32). The van der Waals surface area contributed by atoms with Gasteiger partial charge in [0.25, 0.3) is 10.1 Å². The van der Waals surface area contributed by atoms with E-state index >= 15 is 0 Å². The summed E-state index contributed by atoms with van der Waals surface area (Å²) in [5.74, 6) is -1.02. The van der Waals surface area contributed by atoms with E-state index in [4.69, 9.17) is 11.5 Å². The minimum absolute atomic E-state index is 0.00454. The lowest BCUT2D eigenvalue weighted by molar-refractivity contribution is 0.0980. The number of ketones is 2. The van der Waals surface area contributed by atoms with E-state index in [1.54, 1.807) is 24.3 Å². The van der Waals surface area contributed by atoms with Gasteiger partial charge in [0.15, 0.2) is 11.6 Å². The van der Waals surface area contributed by atoms with Gasteiger partial charge in [0.05, 0.1) is 16.8 Å². The van der Waals surface area contributed by atoms with Gasteiger partial charge in [-0.05, 0) is 36.8 Å². The van der Waals surface area contributed by atoms with E-state index in [1.165, 1.54) is 12.1 Å². The smallest absolute Gasteiger partial charge is 0.296 e. The van der Waals surface area contributed by atoms with Gasteiger partial charge in [0, 0.05) is 41.3 Å². The molecule has 1 aliphatic rings. The Morgan fingerprint density at radius 3 is 2.00 bits per heavy atom. The molecule has 0 amide bonds. The molecule has 1 aliphatic carbocycles. The van der Waals surface area contributed by atoms with Crippen molar-refractivity contribution in [1.82, 2.24) is 0 Å². The Balaban J connectivity index is 1.63. The molecule has 0 radical (unpaired) electrons. The van der Waals surface area contributed by atoms with Gasteiger partial charge in [-0.3, -0.25) is 14.1 Å². The van der Waals surface area contributed by atoms with Gasteiger partial charge in [0.2, 0.25) is 0 Å². The van der Waals surface area contributed by atoms with Crippen molar-refractivity contribution in [2.24, 2.45) is 0 Å². The van der Waals surface area contributed by atoms with Crippen LogP contribution in [0, 0.1) is 0 Å². The van der Waals surface area contributed by atoms with Crippen molar-refractivity contribution in [1.29, 1.82) is 0 Å². The number of nitrogen functional groups attached to an aromatic ring is 2. The second-order valence-corrected chi connectivity index (χ2v) is 8.98. The normalized spacial score (nSPS) is 12.8. The molecule has 0 unspecified atom stereocenters. The zero-order chi connectivity index (χ0) is 23.8. The molecule has 3 aromatic rings. The molecule has 4 rings (SSSR count). The lowest BCUT2D eigenvalue weighted by atomic mass is 9.82. The summed E-state index contributed by atoms with van der Waals surface area (Å²) in [6, 6.07) is 14.6. The van der Waals surface area contributed by atoms with E-state index in [0.29, 0.717) is 25.2 Å². The number of fused-ring (bicyclic) bond motifs is 2. The van der Waals surface area contributed by atoms with Gasteiger partial charge in [-0.2, -0.15) is 8.42 Å². The van der Waals surface area contributed by atoms with Crippen molar-refractivity contribution in [2.75, 3.05) is 35.2 Å². The van der Waals surface area contributed by atoms with E-state index in [0.717, 1.165) is 11.8 Å². The summed E-state index contributed by atoms with van der Waals surface area (Å²) in [5.41, 5.74) is 13.0. The minimum atomic E-state index is -4.73. The minimum Gasteiger partial charge on any atom is -0.399 e. The fourth-order valence-corrected chi connectivity index (χ4v) is 4.44. The summed E-state index contributed by atoms with van der Waals surface area (Å²) in [4.78, 5) is 25.7. The van der Waals surface area contributed by atoms with Gasteiger partial charge in [-0.1, -0.05) is 24.3 Å². The van der Waals surface area contributed by atoms with Crippen molar-refractivity contribution in [2.45, 2.75) is 11.3 Å². The van der Waals surface area contributed by atoms with Crippen molar-refractivity contribution in [3.05, 3.63) is 76.9 Å². The monoisotopic (exact) mass is 466 g/mol. The first-order chi connectivity index (χ1) is 15.7. The van der Waals surface area contributed by atoms with Gasteiger partial charge < -0.3 is 22.1 Å². The van der Waals surface area contributed by atoms with E-state index in [9.17, 15) is 22.6 Å². The van der Waals surface area contributed by atoms with E-state index in [1.807, 2.05) is 12.1 Å². The first-order valence-electron chi connectivity index (χ1n) is 10.1. The van der Waals surface area contributed by atoms with Crippen LogP contribution in [0.3, 0.4) is 0 Å². The summed E-state index contributed by atoms with van der Waals surface area (Å²) in [6.45, 7) is 0.932. The highest BCUT2D eigenvalue weighted by molar-refractivity contribution is 7.86. The van der Waals surface area contributed by atoms with Gasteiger partial charge >= 0.3 is 0 Å². The molecular formula is C23H22N4O5S. The number of anilines is 4. The highest BCUT2D eigenvalue weighted by Crippen LogP contribution is 2.39. The van der Waals surface area contributed by atoms with Crippen molar-refractivity contribution in [3.63, 3.8) is 0 Å². The molecule has 0 saturated heterocycles. The predicted molar refractivity (Wildman–Crippen MR) is 126 cm³/mol. The van der Waals surface area contributed by atoms with Crippen LogP contribution in [0.25, 0.3) is 0 Å². The Morgan fingerprint density at radius 1 is 0.818 bits per heavy atom. The van der Waals surface area contributed by atoms with Crippen LogP contribution in [0.2, 0.25) is 0 Å². The molecule has 0 saturated carbocycles. The molecule has 0 aliphatic heterocycles. The second-order valence-electron chi connectivity index (χ2n) is 7.59. The third kappa shape index (κ3) is 4.26. The lowest BCUT2D eigenvalue weighted by Gasteiger charge is -2.23. The molecule has 0 heterocycles. The quantitative estimate of drug-likeness (QED) is 0.156. The zero-order valence-corrected chi connectivity index (χ0v) is 18.3. The molecule has 33 heavy (non-hydrogen) atoms. The first kappa shape index (κ1) is 22.3. The maximum absolute atomic E-state index is 13.2. The van der Waals surface area contributed by atoms with Crippen LogP contribution < -0.4 is 22.1 Å². The summed E-state index contributed by atoms with van der Waals surface area (Å²) in [5, 5.41) is 6.25. The molecule has 0 spiro atoms. The fourth-order valence-electron chi connectivity index (χ4n) is 3.79. The van der Waals surface area contributed by atoms with E-state index < -0.39 is 32.3 Å². The Hall–Kier alpha value is -3.89. The number of nitrogens with two attached hydrogens (primary N) is 2. The lowest BCUT2D eigenvalue weighted by Crippen LogP contribution is -2.25. The topological polar surface area (TPSA) is 165 Å².